The summed E-state index contributed by atoms with van der Waals surface area (Å²) >= 11 is 0. The van der Waals surface area contributed by atoms with Gasteiger partial charge in [-0.15, -0.1) is 0 Å². The first-order valence-electron chi connectivity index (χ1n) is 8.11. The van der Waals surface area contributed by atoms with Crippen LogP contribution in [0, 0.1) is 0 Å². The minimum absolute atomic E-state index is 0.0408. The summed E-state index contributed by atoms with van der Waals surface area (Å²) in [5.74, 6) is 0.196. The van der Waals surface area contributed by atoms with Crippen LogP contribution in [0.2, 0.25) is 0 Å². The monoisotopic (exact) mass is 355 g/mol. The maximum Gasteiger partial charge on any atom is 0.264 e. The number of fused-ring (bicyclic) bond motifs is 1. The molecule has 0 radical (unpaired) electrons. The highest BCUT2D eigenvalue weighted by molar-refractivity contribution is 7.90. The van der Waals surface area contributed by atoms with Gasteiger partial charge in [0.15, 0.2) is 11.5 Å². The normalized spacial score (nSPS) is 18.2. The Morgan fingerprint density at radius 2 is 1.83 bits per heavy atom. The highest BCUT2D eigenvalue weighted by Gasteiger charge is 2.22. The van der Waals surface area contributed by atoms with E-state index in [9.17, 15) is 13.2 Å². The number of nitrogens with one attached hydrogen (secondary N) is 1. The van der Waals surface area contributed by atoms with E-state index in [4.69, 9.17) is 14.2 Å². The third-order valence-corrected chi connectivity index (χ3v) is 5.40. The summed E-state index contributed by atoms with van der Waals surface area (Å²) in [6.07, 6.45) is 4.79. The van der Waals surface area contributed by atoms with Crippen LogP contribution in [0.3, 0.4) is 0 Å². The van der Waals surface area contributed by atoms with Crippen LogP contribution in [-0.2, 0) is 19.6 Å². The Kier molecular flexibility index (Phi) is 5.25. The lowest BCUT2D eigenvalue weighted by molar-refractivity contribution is -0.125. The SMILES string of the molecule is O=C(COC1CCCC1)NS(=O)(=O)c1ccc2c(c1)OCCCO2. The Labute approximate surface area is 141 Å². The van der Waals surface area contributed by atoms with Crippen molar-refractivity contribution in [1.82, 2.24) is 4.72 Å². The molecule has 0 spiro atoms. The Hall–Kier alpha value is -1.80. The first-order valence-corrected chi connectivity index (χ1v) is 9.60. The fourth-order valence-corrected chi connectivity index (χ4v) is 3.78. The molecule has 8 heteroatoms. The van der Waals surface area contributed by atoms with Gasteiger partial charge in [-0.25, -0.2) is 13.1 Å². The van der Waals surface area contributed by atoms with Gasteiger partial charge in [0.25, 0.3) is 15.9 Å². The van der Waals surface area contributed by atoms with Crippen molar-refractivity contribution in [3.63, 3.8) is 0 Å². The molecule has 1 aliphatic carbocycles. The van der Waals surface area contributed by atoms with E-state index in [0.717, 1.165) is 32.1 Å². The minimum Gasteiger partial charge on any atom is -0.490 e. The van der Waals surface area contributed by atoms with Gasteiger partial charge >= 0.3 is 0 Å². The van der Waals surface area contributed by atoms with Crippen molar-refractivity contribution in [2.45, 2.75) is 43.1 Å². The maximum absolute atomic E-state index is 12.3. The Morgan fingerprint density at radius 3 is 2.58 bits per heavy atom. The Bertz CT molecular complexity index is 697. The quantitative estimate of drug-likeness (QED) is 0.863. The molecule has 1 amide bonds. The van der Waals surface area contributed by atoms with Crippen molar-refractivity contribution >= 4 is 15.9 Å². The van der Waals surface area contributed by atoms with Gasteiger partial charge in [-0.2, -0.15) is 0 Å². The smallest absolute Gasteiger partial charge is 0.264 e. The van der Waals surface area contributed by atoms with Crippen molar-refractivity contribution in [2.75, 3.05) is 19.8 Å². The molecule has 0 aromatic heterocycles. The van der Waals surface area contributed by atoms with E-state index in [0.29, 0.717) is 24.7 Å². The lowest BCUT2D eigenvalue weighted by atomic mass is 10.3. The maximum atomic E-state index is 12.3. The predicted molar refractivity (Wildman–Crippen MR) is 85.6 cm³/mol. The molecule has 7 nitrogen and oxygen atoms in total. The second-order valence-electron chi connectivity index (χ2n) is 5.91. The number of carbonyl (C=O) groups is 1. The first kappa shape index (κ1) is 17.0. The van der Waals surface area contributed by atoms with Crippen LogP contribution >= 0.6 is 0 Å². The molecule has 0 saturated heterocycles. The van der Waals surface area contributed by atoms with Gasteiger partial charge in [0.2, 0.25) is 0 Å². The molecular formula is C16H21NO6S. The molecule has 1 heterocycles. The molecular weight excluding hydrogens is 334 g/mol. The molecule has 1 aromatic carbocycles. The number of hydrogen-bond donors (Lipinski definition) is 1. The van der Waals surface area contributed by atoms with Crippen LogP contribution < -0.4 is 14.2 Å². The van der Waals surface area contributed by atoms with Gasteiger partial charge in [0.05, 0.1) is 24.2 Å². The van der Waals surface area contributed by atoms with E-state index in [-0.39, 0.29) is 17.6 Å². The summed E-state index contributed by atoms with van der Waals surface area (Å²) in [7, 11) is -3.97. The molecule has 1 aliphatic heterocycles. The van der Waals surface area contributed by atoms with Gasteiger partial charge in [-0.1, -0.05) is 12.8 Å². The third-order valence-electron chi connectivity index (χ3n) is 4.03. The number of hydrogen-bond acceptors (Lipinski definition) is 6. The summed E-state index contributed by atoms with van der Waals surface area (Å²) in [5.41, 5.74) is 0. The second kappa shape index (κ2) is 7.40. The topological polar surface area (TPSA) is 90.9 Å². The van der Waals surface area contributed by atoms with Gasteiger partial charge in [-0.3, -0.25) is 4.79 Å². The molecule has 24 heavy (non-hydrogen) atoms. The average molecular weight is 355 g/mol. The summed E-state index contributed by atoms with van der Waals surface area (Å²) in [6.45, 7) is 0.723. The van der Waals surface area contributed by atoms with Crippen LogP contribution in [-0.4, -0.2) is 40.2 Å². The zero-order chi connectivity index (χ0) is 17.0. The standard InChI is InChI=1S/C16H21NO6S/c18-16(11-23-12-4-1-2-5-12)17-24(19,20)13-6-7-14-15(10-13)22-9-3-8-21-14/h6-7,10,12H,1-5,8-9,11H2,(H,17,18). The lowest BCUT2D eigenvalue weighted by Gasteiger charge is -2.12. The first-order chi connectivity index (χ1) is 11.5. The molecule has 1 N–H and O–H groups in total. The van der Waals surface area contributed by atoms with Gasteiger partial charge in [0.1, 0.15) is 6.61 Å². The van der Waals surface area contributed by atoms with Gasteiger partial charge < -0.3 is 14.2 Å². The molecule has 0 bridgehead atoms. The third kappa shape index (κ3) is 4.18. The average Bonchev–Trinajstić information content (AvgIpc) is 2.96. The summed E-state index contributed by atoms with van der Waals surface area (Å²) in [5, 5.41) is 0. The molecule has 3 rings (SSSR count). The number of carbonyl (C=O) groups excluding carboxylic acids is 1. The molecule has 1 aromatic rings. The van der Waals surface area contributed by atoms with Gasteiger partial charge in [0, 0.05) is 12.5 Å². The van der Waals surface area contributed by atoms with Crippen LogP contribution in [0.4, 0.5) is 0 Å². The van der Waals surface area contributed by atoms with Crippen molar-refractivity contribution in [2.24, 2.45) is 0 Å². The van der Waals surface area contributed by atoms with E-state index in [1.54, 1.807) is 0 Å². The van der Waals surface area contributed by atoms with E-state index in [2.05, 4.69) is 0 Å². The van der Waals surface area contributed by atoms with Gasteiger partial charge in [-0.05, 0) is 25.0 Å². The zero-order valence-electron chi connectivity index (χ0n) is 13.3. The van der Waals surface area contributed by atoms with E-state index >= 15 is 0 Å². The van der Waals surface area contributed by atoms with Crippen LogP contribution in [0.5, 0.6) is 11.5 Å². The summed E-state index contributed by atoms with van der Waals surface area (Å²) in [4.78, 5) is 11.8. The highest BCUT2D eigenvalue weighted by Crippen LogP contribution is 2.31. The van der Waals surface area contributed by atoms with E-state index < -0.39 is 15.9 Å². The Morgan fingerprint density at radius 1 is 1.12 bits per heavy atom. The van der Waals surface area contributed by atoms with Crippen molar-refractivity contribution in [1.29, 1.82) is 0 Å². The molecule has 0 atom stereocenters. The Balaban J connectivity index is 1.64. The van der Waals surface area contributed by atoms with E-state index in [1.807, 2.05) is 4.72 Å². The number of rotatable bonds is 5. The minimum atomic E-state index is -3.97. The predicted octanol–water partition coefficient (Wildman–Crippen LogP) is 1.61. The zero-order valence-corrected chi connectivity index (χ0v) is 14.1. The van der Waals surface area contributed by atoms with Crippen molar-refractivity contribution in [3.8, 4) is 11.5 Å². The number of ether oxygens (including phenoxy) is 3. The molecule has 2 aliphatic rings. The number of benzene rings is 1. The highest BCUT2D eigenvalue weighted by atomic mass is 32.2. The van der Waals surface area contributed by atoms with E-state index in [1.165, 1.54) is 18.2 Å². The van der Waals surface area contributed by atoms with Crippen LogP contribution in [0.1, 0.15) is 32.1 Å². The largest absolute Gasteiger partial charge is 0.490 e. The second-order valence-corrected chi connectivity index (χ2v) is 7.59. The van der Waals surface area contributed by atoms with Crippen molar-refractivity contribution < 1.29 is 27.4 Å². The summed E-state index contributed by atoms with van der Waals surface area (Å²) < 4.78 is 43.1. The number of sulfonamides is 1. The number of amides is 1. The fourth-order valence-electron chi connectivity index (χ4n) is 2.80. The van der Waals surface area contributed by atoms with Crippen LogP contribution in [0.15, 0.2) is 23.1 Å². The molecule has 0 unspecified atom stereocenters. The molecule has 1 saturated carbocycles. The summed E-state index contributed by atoms with van der Waals surface area (Å²) in [6, 6.07) is 4.30. The molecule has 132 valence electrons. The van der Waals surface area contributed by atoms with Crippen molar-refractivity contribution in [3.05, 3.63) is 18.2 Å². The van der Waals surface area contributed by atoms with Crippen LogP contribution in [0.25, 0.3) is 0 Å². The molecule has 1 fully saturated rings. The lowest BCUT2D eigenvalue weighted by Crippen LogP contribution is -2.34. The fraction of sp³-hybridized carbons (Fsp3) is 0.562.